The van der Waals surface area contributed by atoms with Crippen LogP contribution in [0.25, 0.3) is 0 Å². The van der Waals surface area contributed by atoms with Gasteiger partial charge in [0.2, 0.25) is 0 Å². The fraction of sp³-hybridized carbons (Fsp3) is 0.536. The van der Waals surface area contributed by atoms with Crippen molar-refractivity contribution in [3.8, 4) is 11.5 Å². The average Bonchev–Trinajstić information content (AvgIpc) is 3.56. The first-order valence-corrected chi connectivity index (χ1v) is 13.9. The van der Waals surface area contributed by atoms with Crippen LogP contribution in [0.3, 0.4) is 0 Å². The predicted molar refractivity (Wildman–Crippen MR) is 144 cm³/mol. The summed E-state index contributed by atoms with van der Waals surface area (Å²) in [5.74, 6) is -0.305. The van der Waals surface area contributed by atoms with E-state index in [4.69, 9.17) is 37.4 Å². The Morgan fingerprint density at radius 2 is 1.80 bits per heavy atom. The third-order valence-electron chi connectivity index (χ3n) is 6.48. The van der Waals surface area contributed by atoms with Gasteiger partial charge in [0, 0.05) is 25.4 Å². The highest BCUT2D eigenvalue weighted by molar-refractivity contribution is 6.35. The Kier molecular flexibility index (Phi) is 9.61. The van der Waals surface area contributed by atoms with E-state index in [-0.39, 0.29) is 28.0 Å². The van der Waals surface area contributed by atoms with Crippen LogP contribution in [0.2, 0.25) is 10.0 Å². The van der Waals surface area contributed by atoms with Crippen LogP contribution in [-0.4, -0.2) is 53.4 Å². The van der Waals surface area contributed by atoms with E-state index in [1.807, 2.05) is 0 Å². The van der Waals surface area contributed by atoms with Crippen molar-refractivity contribution in [3.05, 3.63) is 51.8 Å². The van der Waals surface area contributed by atoms with Gasteiger partial charge in [-0.3, -0.25) is 9.88 Å². The predicted octanol–water partition coefficient (Wildman–Crippen LogP) is 7.01. The zero-order valence-corrected chi connectivity index (χ0v) is 24.0. The molecule has 1 aliphatic carbocycles. The molecule has 4 rings (SSSR count). The number of rotatable bonds is 10. The van der Waals surface area contributed by atoms with Gasteiger partial charge in [0.05, 0.1) is 16.7 Å². The number of halogens is 4. The summed E-state index contributed by atoms with van der Waals surface area (Å²) >= 11 is 12.7. The number of amides is 1. The molecule has 1 saturated carbocycles. The number of carbonyl (C=O) groups is 2. The monoisotopic (exact) mass is 600 g/mol. The number of nitrogens with zero attached hydrogens (tertiary/aromatic N) is 2. The van der Waals surface area contributed by atoms with Crippen LogP contribution in [-0.2, 0) is 20.7 Å². The first kappa shape index (κ1) is 30.1. The van der Waals surface area contributed by atoms with Gasteiger partial charge in [-0.1, -0.05) is 29.3 Å². The van der Waals surface area contributed by atoms with Crippen LogP contribution >= 0.6 is 23.2 Å². The lowest BCUT2D eigenvalue weighted by atomic mass is 10.0. The molecule has 0 N–H and O–H groups in total. The van der Waals surface area contributed by atoms with E-state index in [1.165, 1.54) is 35.5 Å². The molecule has 8 nitrogen and oxygen atoms in total. The molecule has 0 radical (unpaired) electrons. The number of alkyl halides is 2. The van der Waals surface area contributed by atoms with E-state index in [0.717, 1.165) is 12.8 Å². The zero-order valence-electron chi connectivity index (χ0n) is 22.5. The lowest BCUT2D eigenvalue weighted by Crippen LogP contribution is -2.44. The van der Waals surface area contributed by atoms with E-state index in [9.17, 15) is 18.4 Å². The van der Waals surface area contributed by atoms with Gasteiger partial charge in [-0.05, 0) is 75.6 Å². The highest BCUT2D eigenvalue weighted by atomic mass is 35.5. The summed E-state index contributed by atoms with van der Waals surface area (Å²) in [5.41, 5.74) is 0.205. The number of carbonyl (C=O) groups excluding carboxylic acids is 2. The second-order valence-corrected chi connectivity index (χ2v) is 11.7. The van der Waals surface area contributed by atoms with Gasteiger partial charge in [-0.25, -0.2) is 9.59 Å². The summed E-state index contributed by atoms with van der Waals surface area (Å²) in [6.07, 6.45) is 4.35. The highest BCUT2D eigenvalue weighted by Crippen LogP contribution is 2.38. The third kappa shape index (κ3) is 8.10. The molecule has 1 aliphatic heterocycles. The SMILES string of the molecule is CC(C)(C)OC(=O)N1CCC[C@H]1C(=O)O[C@@H](Cc1c(Cl)cncc1Cl)c1ccc(OC(F)F)c(OCC2CC2)c1. The molecule has 2 aromatic rings. The van der Waals surface area contributed by atoms with Crippen molar-refractivity contribution in [3.63, 3.8) is 0 Å². The van der Waals surface area contributed by atoms with Crippen LogP contribution < -0.4 is 9.47 Å². The van der Waals surface area contributed by atoms with Crippen LogP contribution in [0.1, 0.15) is 63.7 Å². The van der Waals surface area contributed by atoms with Crippen molar-refractivity contribution in [2.75, 3.05) is 13.2 Å². The molecule has 1 aromatic heterocycles. The molecule has 0 bridgehead atoms. The summed E-state index contributed by atoms with van der Waals surface area (Å²) in [6.45, 7) is 2.89. The molecular weight excluding hydrogens is 569 g/mol. The molecule has 2 atom stereocenters. The first-order valence-electron chi connectivity index (χ1n) is 13.1. The van der Waals surface area contributed by atoms with Crippen LogP contribution in [0.15, 0.2) is 30.6 Å². The Labute approximate surface area is 241 Å². The van der Waals surface area contributed by atoms with Crippen molar-refractivity contribution in [1.29, 1.82) is 0 Å². The average molecular weight is 601 g/mol. The number of likely N-dealkylation sites (tertiary alicyclic amines) is 1. The van der Waals surface area contributed by atoms with E-state index >= 15 is 0 Å². The molecule has 1 amide bonds. The second-order valence-electron chi connectivity index (χ2n) is 10.9. The van der Waals surface area contributed by atoms with Gasteiger partial charge in [-0.2, -0.15) is 8.78 Å². The first-order chi connectivity index (χ1) is 18.9. The van der Waals surface area contributed by atoms with Gasteiger partial charge in [0.1, 0.15) is 17.7 Å². The molecule has 12 heteroatoms. The summed E-state index contributed by atoms with van der Waals surface area (Å²) in [6, 6.07) is 3.53. The standard InChI is InChI=1S/C28H32Cl2F2N2O6/c1-28(2,3)40-27(36)34-10-4-5-21(34)25(35)38-23(12-18-19(29)13-33-14-20(18)30)17-8-9-22(39-26(31)32)24(11-17)37-15-16-6-7-16/h8-9,11,13-14,16,21,23,26H,4-7,10,12,15H2,1-3H3/t21-,23-/m0/s1. The summed E-state index contributed by atoms with van der Waals surface area (Å²) < 4.78 is 48.1. The molecule has 0 spiro atoms. The van der Waals surface area contributed by atoms with Crippen molar-refractivity contribution >= 4 is 35.3 Å². The summed E-state index contributed by atoms with van der Waals surface area (Å²) in [5, 5.41) is 0.542. The summed E-state index contributed by atoms with van der Waals surface area (Å²) in [7, 11) is 0. The lowest BCUT2D eigenvalue weighted by molar-refractivity contribution is -0.154. The topological polar surface area (TPSA) is 87.2 Å². The molecule has 0 unspecified atom stereocenters. The van der Waals surface area contributed by atoms with Gasteiger partial charge < -0.3 is 18.9 Å². The van der Waals surface area contributed by atoms with E-state index in [1.54, 1.807) is 20.8 Å². The minimum Gasteiger partial charge on any atom is -0.489 e. The smallest absolute Gasteiger partial charge is 0.411 e. The number of hydrogen-bond acceptors (Lipinski definition) is 7. The quantitative estimate of drug-likeness (QED) is 0.271. The largest absolute Gasteiger partial charge is 0.489 e. The Bertz CT molecular complexity index is 1200. The molecule has 1 aromatic carbocycles. The molecular formula is C28H32Cl2F2N2O6. The Balaban J connectivity index is 1.63. The maximum Gasteiger partial charge on any atom is 0.411 e. The van der Waals surface area contributed by atoms with Gasteiger partial charge >= 0.3 is 18.7 Å². The van der Waals surface area contributed by atoms with Gasteiger partial charge in [0.15, 0.2) is 11.5 Å². The number of aromatic nitrogens is 1. The molecule has 2 aliphatic rings. The molecule has 218 valence electrons. The van der Waals surface area contributed by atoms with Crippen molar-refractivity contribution in [2.45, 2.75) is 77.2 Å². The zero-order chi connectivity index (χ0) is 29.0. The minimum absolute atomic E-state index is 0.0577. The minimum atomic E-state index is -3.04. The molecule has 1 saturated heterocycles. The van der Waals surface area contributed by atoms with Gasteiger partial charge in [-0.15, -0.1) is 0 Å². The lowest BCUT2D eigenvalue weighted by Gasteiger charge is -2.29. The van der Waals surface area contributed by atoms with Crippen molar-refractivity contribution in [1.82, 2.24) is 9.88 Å². The Morgan fingerprint density at radius 3 is 2.42 bits per heavy atom. The van der Waals surface area contributed by atoms with Crippen LogP contribution in [0.5, 0.6) is 11.5 Å². The number of esters is 1. The van der Waals surface area contributed by atoms with Crippen molar-refractivity contribution in [2.24, 2.45) is 5.92 Å². The molecule has 2 heterocycles. The Morgan fingerprint density at radius 1 is 1.10 bits per heavy atom. The van der Waals surface area contributed by atoms with E-state index < -0.39 is 36.4 Å². The molecule has 2 fully saturated rings. The number of hydrogen-bond donors (Lipinski definition) is 0. The maximum atomic E-state index is 13.5. The summed E-state index contributed by atoms with van der Waals surface area (Å²) in [4.78, 5) is 31.6. The third-order valence-corrected chi connectivity index (χ3v) is 7.13. The van der Waals surface area contributed by atoms with Crippen molar-refractivity contribution < 1.29 is 37.3 Å². The highest BCUT2D eigenvalue weighted by Gasteiger charge is 2.39. The number of benzene rings is 1. The Hall–Kier alpha value is -2.85. The number of pyridine rings is 1. The fourth-order valence-corrected chi connectivity index (χ4v) is 4.86. The van der Waals surface area contributed by atoms with Gasteiger partial charge in [0.25, 0.3) is 0 Å². The van der Waals surface area contributed by atoms with E-state index in [2.05, 4.69) is 9.72 Å². The maximum absolute atomic E-state index is 13.5. The van der Waals surface area contributed by atoms with Crippen LogP contribution in [0, 0.1) is 5.92 Å². The second kappa shape index (κ2) is 12.8. The molecule has 40 heavy (non-hydrogen) atoms. The fourth-order valence-electron chi connectivity index (χ4n) is 4.34. The normalized spacial score (nSPS) is 18.0. The van der Waals surface area contributed by atoms with E-state index in [0.29, 0.717) is 43.0 Å². The number of ether oxygens (including phenoxy) is 4. The van der Waals surface area contributed by atoms with Crippen LogP contribution in [0.4, 0.5) is 13.6 Å².